The van der Waals surface area contributed by atoms with Crippen LogP contribution in [-0.4, -0.2) is 27.7 Å². The lowest BCUT2D eigenvalue weighted by Gasteiger charge is -2.05. The lowest BCUT2D eigenvalue weighted by Crippen LogP contribution is -2.15. The van der Waals surface area contributed by atoms with Crippen LogP contribution in [0.2, 0.25) is 0 Å². The maximum Gasteiger partial charge on any atom is 0.436 e. The molecule has 0 unspecified atom stereocenters. The highest BCUT2D eigenvalue weighted by molar-refractivity contribution is 5.97. The fraction of sp³-hybridized carbons (Fsp3) is 0.133. The quantitative estimate of drug-likeness (QED) is 0.729. The van der Waals surface area contributed by atoms with Gasteiger partial charge in [0.1, 0.15) is 5.56 Å². The number of fused-ring (bicyclic) bond motifs is 1. The third-order valence-electron chi connectivity index (χ3n) is 3.36. The first-order valence-corrected chi connectivity index (χ1v) is 6.70. The zero-order valence-corrected chi connectivity index (χ0v) is 12.2. The second-order valence-electron chi connectivity index (χ2n) is 4.86. The molecule has 0 saturated heterocycles. The molecule has 0 fully saturated rings. The molecule has 9 heteroatoms. The standard InChI is InChI=1S/C15H10F3N3O3/c1-24-14(23)11-12(15(16,17)18)20-21-10(22)7-9(19-13(11)21)8-5-3-2-4-6-8/h2-7,19H,1H3. The fourth-order valence-corrected chi connectivity index (χ4v) is 2.31. The number of H-pyrrole nitrogens is 1. The van der Waals surface area contributed by atoms with Gasteiger partial charge in [-0.15, -0.1) is 0 Å². The Morgan fingerprint density at radius 1 is 1.25 bits per heavy atom. The highest BCUT2D eigenvalue weighted by Crippen LogP contribution is 2.32. The van der Waals surface area contributed by atoms with E-state index < -0.39 is 29.0 Å². The minimum Gasteiger partial charge on any atom is -0.465 e. The summed E-state index contributed by atoms with van der Waals surface area (Å²) in [5.74, 6) is -1.24. The average Bonchev–Trinajstić information content (AvgIpc) is 2.95. The molecule has 0 aliphatic carbocycles. The minimum absolute atomic E-state index is 0.256. The summed E-state index contributed by atoms with van der Waals surface area (Å²) in [6.45, 7) is 0. The third kappa shape index (κ3) is 2.53. The van der Waals surface area contributed by atoms with Crippen LogP contribution in [0.25, 0.3) is 16.9 Å². The molecule has 2 aromatic heterocycles. The van der Waals surface area contributed by atoms with Crippen LogP contribution < -0.4 is 5.56 Å². The van der Waals surface area contributed by atoms with E-state index >= 15 is 0 Å². The van der Waals surface area contributed by atoms with Crippen LogP contribution in [0.5, 0.6) is 0 Å². The largest absolute Gasteiger partial charge is 0.465 e. The second kappa shape index (κ2) is 5.52. The number of benzene rings is 1. The van der Waals surface area contributed by atoms with Crippen molar-refractivity contribution in [2.24, 2.45) is 0 Å². The summed E-state index contributed by atoms with van der Waals surface area (Å²) in [4.78, 5) is 26.6. The molecule has 2 heterocycles. The molecule has 0 spiro atoms. The normalized spacial score (nSPS) is 11.7. The number of hydrogen-bond acceptors (Lipinski definition) is 4. The Balaban J connectivity index is 2.37. The molecule has 0 radical (unpaired) electrons. The van der Waals surface area contributed by atoms with Gasteiger partial charge in [-0.2, -0.15) is 22.8 Å². The van der Waals surface area contributed by atoms with E-state index in [-0.39, 0.29) is 11.3 Å². The number of aromatic nitrogens is 3. The Kier molecular flexibility index (Phi) is 3.63. The summed E-state index contributed by atoms with van der Waals surface area (Å²) in [7, 11) is 0.950. The van der Waals surface area contributed by atoms with Crippen molar-refractivity contribution in [2.45, 2.75) is 6.18 Å². The van der Waals surface area contributed by atoms with Crippen molar-refractivity contribution in [3.05, 3.63) is 58.0 Å². The third-order valence-corrected chi connectivity index (χ3v) is 3.36. The predicted molar refractivity (Wildman–Crippen MR) is 77.6 cm³/mol. The molecule has 24 heavy (non-hydrogen) atoms. The van der Waals surface area contributed by atoms with Gasteiger partial charge >= 0.3 is 12.1 Å². The molecule has 1 aromatic carbocycles. The second-order valence-corrected chi connectivity index (χ2v) is 4.86. The summed E-state index contributed by atoms with van der Waals surface area (Å²) in [5, 5.41) is 3.23. The summed E-state index contributed by atoms with van der Waals surface area (Å²) in [5.41, 5.74) is -2.66. The summed E-state index contributed by atoms with van der Waals surface area (Å²) in [6, 6.07) is 9.60. The Bertz CT molecular complexity index is 975. The molecule has 3 rings (SSSR count). The van der Waals surface area contributed by atoms with Crippen molar-refractivity contribution < 1.29 is 22.7 Å². The van der Waals surface area contributed by atoms with E-state index in [1.807, 2.05) is 0 Å². The number of nitrogens with one attached hydrogen (secondary N) is 1. The number of rotatable bonds is 2. The molecular weight excluding hydrogens is 327 g/mol. The number of esters is 1. The Labute approximate surface area is 132 Å². The van der Waals surface area contributed by atoms with Gasteiger partial charge in [0.05, 0.1) is 12.8 Å². The number of alkyl halides is 3. The number of halogens is 3. The number of aromatic amines is 1. The molecule has 124 valence electrons. The number of carbonyl (C=O) groups excluding carboxylic acids is 1. The highest BCUT2D eigenvalue weighted by atomic mass is 19.4. The SMILES string of the molecule is COC(=O)c1c(C(F)(F)F)nn2c(=O)cc(-c3ccccc3)[nH]c12. The number of nitrogens with zero attached hydrogens (tertiary/aromatic N) is 2. The molecule has 0 amide bonds. The molecule has 1 N–H and O–H groups in total. The maximum atomic E-state index is 13.1. The van der Waals surface area contributed by atoms with Gasteiger partial charge in [-0.3, -0.25) is 4.79 Å². The molecular formula is C15H10F3N3O3. The predicted octanol–water partition coefficient (Wildman–Crippen LogP) is 2.50. The van der Waals surface area contributed by atoms with Crippen LogP contribution in [0, 0.1) is 0 Å². The Morgan fingerprint density at radius 2 is 1.92 bits per heavy atom. The van der Waals surface area contributed by atoms with E-state index in [9.17, 15) is 22.8 Å². The first-order chi connectivity index (χ1) is 11.3. The minimum atomic E-state index is -4.91. The van der Waals surface area contributed by atoms with Crippen molar-refractivity contribution in [2.75, 3.05) is 7.11 Å². The average molecular weight is 337 g/mol. The zero-order valence-electron chi connectivity index (χ0n) is 12.2. The van der Waals surface area contributed by atoms with Crippen molar-refractivity contribution in [1.82, 2.24) is 14.6 Å². The molecule has 6 nitrogen and oxygen atoms in total. The van der Waals surface area contributed by atoms with Crippen molar-refractivity contribution >= 4 is 11.6 Å². The maximum absolute atomic E-state index is 13.1. The topological polar surface area (TPSA) is 76.5 Å². The van der Waals surface area contributed by atoms with Gasteiger partial charge in [0.15, 0.2) is 11.3 Å². The van der Waals surface area contributed by atoms with E-state index in [1.165, 1.54) is 0 Å². The lowest BCUT2D eigenvalue weighted by atomic mass is 10.1. The summed E-state index contributed by atoms with van der Waals surface area (Å²) >= 11 is 0. The number of carbonyl (C=O) groups is 1. The van der Waals surface area contributed by atoms with Crippen molar-refractivity contribution in [1.29, 1.82) is 0 Å². The van der Waals surface area contributed by atoms with Gasteiger partial charge in [-0.25, -0.2) is 4.79 Å². The van der Waals surface area contributed by atoms with Gasteiger partial charge in [0.2, 0.25) is 0 Å². The molecule has 0 aliphatic rings. The Morgan fingerprint density at radius 3 is 2.50 bits per heavy atom. The first kappa shape index (κ1) is 15.8. The van der Waals surface area contributed by atoms with E-state index in [4.69, 9.17) is 0 Å². The van der Waals surface area contributed by atoms with Gasteiger partial charge in [0.25, 0.3) is 5.56 Å². The first-order valence-electron chi connectivity index (χ1n) is 6.70. The van der Waals surface area contributed by atoms with Gasteiger partial charge < -0.3 is 9.72 Å². The van der Waals surface area contributed by atoms with Crippen LogP contribution in [0.3, 0.4) is 0 Å². The summed E-state index contributed by atoms with van der Waals surface area (Å²) in [6.07, 6.45) is -4.91. The summed E-state index contributed by atoms with van der Waals surface area (Å²) < 4.78 is 44.3. The van der Waals surface area contributed by atoms with E-state index in [0.717, 1.165) is 13.2 Å². The molecule has 3 aromatic rings. The lowest BCUT2D eigenvalue weighted by molar-refractivity contribution is -0.141. The van der Waals surface area contributed by atoms with E-state index in [1.54, 1.807) is 30.3 Å². The van der Waals surface area contributed by atoms with Gasteiger partial charge in [-0.1, -0.05) is 30.3 Å². The van der Waals surface area contributed by atoms with Crippen LogP contribution in [0.1, 0.15) is 16.1 Å². The number of hydrogen-bond donors (Lipinski definition) is 1. The smallest absolute Gasteiger partial charge is 0.436 e. The molecule has 0 saturated carbocycles. The van der Waals surface area contributed by atoms with Crippen LogP contribution in [-0.2, 0) is 10.9 Å². The highest BCUT2D eigenvalue weighted by Gasteiger charge is 2.41. The number of ether oxygens (including phenoxy) is 1. The molecule has 0 atom stereocenters. The molecule has 0 bridgehead atoms. The van der Waals surface area contributed by atoms with Crippen LogP contribution >= 0.6 is 0 Å². The van der Waals surface area contributed by atoms with Crippen molar-refractivity contribution in [3.8, 4) is 11.3 Å². The van der Waals surface area contributed by atoms with Gasteiger partial charge in [0, 0.05) is 6.07 Å². The zero-order chi connectivity index (χ0) is 17.5. The number of methoxy groups -OCH3 is 1. The van der Waals surface area contributed by atoms with Crippen LogP contribution in [0.15, 0.2) is 41.2 Å². The van der Waals surface area contributed by atoms with Crippen molar-refractivity contribution in [3.63, 3.8) is 0 Å². The van der Waals surface area contributed by atoms with E-state index in [2.05, 4.69) is 14.8 Å². The molecule has 0 aliphatic heterocycles. The van der Waals surface area contributed by atoms with E-state index in [0.29, 0.717) is 10.1 Å². The monoisotopic (exact) mass is 337 g/mol. The fourth-order valence-electron chi connectivity index (χ4n) is 2.31. The van der Waals surface area contributed by atoms with Gasteiger partial charge in [-0.05, 0) is 5.56 Å². The Hall–Kier alpha value is -3.10. The van der Waals surface area contributed by atoms with Crippen LogP contribution in [0.4, 0.5) is 13.2 Å².